The van der Waals surface area contributed by atoms with Crippen LogP contribution in [-0.2, 0) is 0 Å². The Hall–Kier alpha value is -1.03. The van der Waals surface area contributed by atoms with Gasteiger partial charge >= 0.3 is 0 Å². The van der Waals surface area contributed by atoms with Crippen molar-refractivity contribution in [3.8, 4) is 16.9 Å². The molecular weight excluding hydrogens is 287 g/mol. The topological polar surface area (TPSA) is 9.23 Å². The second-order valence-electron chi connectivity index (χ2n) is 2.94. The summed E-state index contributed by atoms with van der Waals surface area (Å²) in [6, 6.07) is 18.2. The van der Waals surface area contributed by atoms with Crippen LogP contribution in [-0.4, -0.2) is 0 Å². The second-order valence-corrected chi connectivity index (χ2v) is 3.38. The van der Waals surface area contributed by atoms with Crippen LogP contribution in [0.5, 0.6) is 5.75 Å². The van der Waals surface area contributed by atoms with Crippen molar-refractivity contribution in [2.24, 2.45) is 0 Å². The van der Waals surface area contributed by atoms with E-state index in [4.69, 9.17) is 3.07 Å². The van der Waals surface area contributed by atoms with E-state index >= 15 is 0 Å². The second kappa shape index (κ2) is 4.46. The van der Waals surface area contributed by atoms with E-state index in [1.807, 2.05) is 59.4 Å². The molecule has 0 fully saturated rings. The van der Waals surface area contributed by atoms with Gasteiger partial charge in [-0.2, -0.15) is 0 Å². The predicted molar refractivity (Wildman–Crippen MR) is 66.5 cm³/mol. The van der Waals surface area contributed by atoms with Crippen LogP contribution in [0.4, 0.5) is 0 Å². The number of benzene rings is 2. The smallest absolute Gasteiger partial charge is 0.192 e. The average Bonchev–Trinajstić information content (AvgIpc) is 2.30. The Bertz CT molecular complexity index is 412. The van der Waals surface area contributed by atoms with Gasteiger partial charge in [0.15, 0.2) is 23.0 Å². The first-order chi connectivity index (χ1) is 6.92. The minimum atomic E-state index is 0.902. The van der Waals surface area contributed by atoms with E-state index in [0.717, 1.165) is 11.3 Å². The maximum absolute atomic E-state index is 5.27. The zero-order valence-electron chi connectivity index (χ0n) is 7.48. The third kappa shape index (κ3) is 1.90. The fraction of sp³-hybridized carbons (Fsp3) is 0. The summed E-state index contributed by atoms with van der Waals surface area (Å²) in [5.74, 6) is 0.902. The number of para-hydroxylation sites is 1. The Kier molecular flexibility index (Phi) is 3.03. The molecule has 70 valence electrons. The van der Waals surface area contributed by atoms with Crippen LogP contribution in [0.2, 0.25) is 0 Å². The maximum atomic E-state index is 5.27. The Morgan fingerprint density at radius 2 is 1.43 bits per heavy atom. The average molecular weight is 296 g/mol. The number of hydrogen-bond donors (Lipinski definition) is 0. The molecule has 0 saturated heterocycles. The van der Waals surface area contributed by atoms with Crippen molar-refractivity contribution in [3.05, 3.63) is 54.6 Å². The molecule has 1 nitrogen and oxygen atoms in total. The van der Waals surface area contributed by atoms with Gasteiger partial charge in [0, 0.05) is 5.56 Å². The number of hydrogen-bond acceptors (Lipinski definition) is 1. The monoisotopic (exact) mass is 296 g/mol. The van der Waals surface area contributed by atoms with E-state index in [-0.39, 0.29) is 0 Å². The maximum Gasteiger partial charge on any atom is 0.192 e. The van der Waals surface area contributed by atoms with E-state index in [9.17, 15) is 0 Å². The van der Waals surface area contributed by atoms with Crippen molar-refractivity contribution in [2.75, 3.05) is 0 Å². The molecule has 0 amide bonds. The Balaban J connectivity index is 2.51. The van der Waals surface area contributed by atoms with Gasteiger partial charge in [0.2, 0.25) is 0 Å². The third-order valence-electron chi connectivity index (χ3n) is 2.05. The molecule has 0 bridgehead atoms. The molecule has 2 rings (SSSR count). The first-order valence-corrected chi connectivity index (χ1v) is 5.23. The van der Waals surface area contributed by atoms with Gasteiger partial charge < -0.3 is 3.07 Å². The third-order valence-corrected chi connectivity index (χ3v) is 2.53. The molecule has 0 spiro atoms. The van der Waals surface area contributed by atoms with E-state index < -0.39 is 0 Å². The molecule has 0 N–H and O–H groups in total. The normalized spacial score (nSPS) is 9.79. The van der Waals surface area contributed by atoms with Gasteiger partial charge in [-0.1, -0.05) is 48.5 Å². The van der Waals surface area contributed by atoms with Crippen LogP contribution in [0.15, 0.2) is 54.6 Å². The first-order valence-electron chi connectivity index (χ1n) is 4.35. The van der Waals surface area contributed by atoms with Crippen LogP contribution in [0, 0.1) is 0 Å². The van der Waals surface area contributed by atoms with E-state index in [1.54, 1.807) is 0 Å². The minimum Gasteiger partial charge on any atom is -0.427 e. The van der Waals surface area contributed by atoms with Crippen molar-refractivity contribution in [3.63, 3.8) is 0 Å². The van der Waals surface area contributed by atoms with Gasteiger partial charge in [0.25, 0.3) is 0 Å². The minimum absolute atomic E-state index is 0.902. The van der Waals surface area contributed by atoms with Crippen molar-refractivity contribution in [1.29, 1.82) is 0 Å². The lowest BCUT2D eigenvalue weighted by Gasteiger charge is -2.05. The van der Waals surface area contributed by atoms with Crippen LogP contribution in [0.1, 0.15) is 0 Å². The molecule has 0 unspecified atom stereocenters. The Morgan fingerprint density at radius 3 is 2.14 bits per heavy atom. The number of halogens is 1. The number of rotatable bonds is 2. The fourth-order valence-electron chi connectivity index (χ4n) is 1.39. The van der Waals surface area contributed by atoms with E-state index in [0.29, 0.717) is 0 Å². The molecule has 14 heavy (non-hydrogen) atoms. The van der Waals surface area contributed by atoms with Gasteiger partial charge in [0.1, 0.15) is 5.75 Å². The lowest BCUT2D eigenvalue weighted by Crippen LogP contribution is -1.81. The molecule has 0 heterocycles. The molecule has 0 atom stereocenters. The highest BCUT2D eigenvalue weighted by Crippen LogP contribution is 2.30. The van der Waals surface area contributed by atoms with E-state index in [1.165, 1.54) is 5.56 Å². The van der Waals surface area contributed by atoms with Gasteiger partial charge in [-0.25, -0.2) is 0 Å². The molecule has 2 heteroatoms. The standard InChI is InChI=1S/C12H9IO/c13-14-12-9-5-4-8-11(12)10-6-2-1-3-7-10/h1-9H. The summed E-state index contributed by atoms with van der Waals surface area (Å²) < 4.78 is 5.27. The van der Waals surface area contributed by atoms with Crippen molar-refractivity contribution < 1.29 is 3.07 Å². The molecule has 0 aromatic heterocycles. The van der Waals surface area contributed by atoms with Crippen molar-refractivity contribution in [2.45, 2.75) is 0 Å². The van der Waals surface area contributed by atoms with Crippen LogP contribution in [0.25, 0.3) is 11.1 Å². The quantitative estimate of drug-likeness (QED) is 0.759. The van der Waals surface area contributed by atoms with Gasteiger partial charge in [0.05, 0.1) is 0 Å². The van der Waals surface area contributed by atoms with Crippen molar-refractivity contribution >= 4 is 23.0 Å². The summed E-state index contributed by atoms with van der Waals surface area (Å²) in [6.45, 7) is 0. The predicted octanol–water partition coefficient (Wildman–Crippen LogP) is 4.08. The molecule has 2 aromatic carbocycles. The zero-order valence-corrected chi connectivity index (χ0v) is 9.64. The zero-order chi connectivity index (χ0) is 9.80. The lowest BCUT2D eigenvalue weighted by molar-refractivity contribution is 0.719. The Morgan fingerprint density at radius 1 is 0.786 bits per heavy atom. The summed E-state index contributed by atoms with van der Waals surface area (Å²) >= 11 is 1.91. The lowest BCUT2D eigenvalue weighted by atomic mass is 10.1. The molecule has 0 aliphatic carbocycles. The summed E-state index contributed by atoms with van der Waals surface area (Å²) in [4.78, 5) is 0. The molecule has 0 aliphatic rings. The SMILES string of the molecule is IOc1ccccc1-c1ccccc1. The van der Waals surface area contributed by atoms with Crippen molar-refractivity contribution in [1.82, 2.24) is 0 Å². The fourth-order valence-corrected chi connectivity index (χ4v) is 1.77. The van der Waals surface area contributed by atoms with Gasteiger partial charge in [-0.15, -0.1) is 0 Å². The Labute approximate surface area is 97.4 Å². The van der Waals surface area contributed by atoms with Gasteiger partial charge in [-0.05, 0) is 11.6 Å². The van der Waals surface area contributed by atoms with Gasteiger partial charge in [-0.3, -0.25) is 0 Å². The molecule has 0 saturated carbocycles. The van der Waals surface area contributed by atoms with Crippen LogP contribution < -0.4 is 3.07 Å². The molecule has 0 aliphatic heterocycles. The highest BCUT2D eigenvalue weighted by Gasteiger charge is 2.03. The molecule has 0 radical (unpaired) electrons. The largest absolute Gasteiger partial charge is 0.427 e. The summed E-state index contributed by atoms with van der Waals surface area (Å²) in [6.07, 6.45) is 0. The van der Waals surface area contributed by atoms with Crippen LogP contribution >= 0.6 is 23.0 Å². The van der Waals surface area contributed by atoms with Crippen LogP contribution in [0.3, 0.4) is 0 Å². The highest BCUT2D eigenvalue weighted by atomic mass is 127. The van der Waals surface area contributed by atoms with E-state index in [2.05, 4.69) is 18.2 Å². The molecule has 2 aromatic rings. The molecular formula is C12H9IO. The first kappa shape index (κ1) is 9.52. The summed E-state index contributed by atoms with van der Waals surface area (Å²) in [5.41, 5.74) is 2.31. The summed E-state index contributed by atoms with van der Waals surface area (Å²) in [5, 5.41) is 0. The summed E-state index contributed by atoms with van der Waals surface area (Å²) in [7, 11) is 0. The highest BCUT2D eigenvalue weighted by molar-refractivity contribution is 14.1.